The molecule has 1 aliphatic rings. The number of rotatable bonds is 4. The molecule has 1 atom stereocenters. The maximum atomic E-state index is 13.2. The van der Waals surface area contributed by atoms with Crippen LogP contribution in [0.25, 0.3) is 11.3 Å². The van der Waals surface area contributed by atoms with Crippen LogP contribution in [0.2, 0.25) is 5.28 Å². The van der Waals surface area contributed by atoms with Gasteiger partial charge in [-0.1, -0.05) is 38.1 Å². The van der Waals surface area contributed by atoms with Gasteiger partial charge < -0.3 is 14.2 Å². The number of aromatic nitrogens is 4. The van der Waals surface area contributed by atoms with Gasteiger partial charge in [0.05, 0.1) is 5.69 Å². The standard InChI is InChI=1S/C27H32ClN5O4/c1-26(2,3)23-31-22(32-37-23)21(34)14-16-10-12-33(25(35)36-27(4,5)6)15-18-13-17(7-8-19(16)18)20-9-11-29-24(28)30-20/h7-9,11,13,16H,10,12,14-15H2,1-6H3/t16-/m0/s1. The molecule has 10 heteroatoms. The van der Waals surface area contributed by atoms with E-state index in [2.05, 4.69) is 20.1 Å². The zero-order chi connectivity index (χ0) is 27.0. The van der Waals surface area contributed by atoms with E-state index in [4.69, 9.17) is 20.9 Å². The van der Waals surface area contributed by atoms with Gasteiger partial charge in [-0.15, -0.1) is 0 Å². The molecule has 0 N–H and O–H groups in total. The first kappa shape index (κ1) is 26.7. The number of carbonyl (C=O) groups is 2. The van der Waals surface area contributed by atoms with Gasteiger partial charge in [-0.3, -0.25) is 4.79 Å². The molecule has 0 radical (unpaired) electrons. The van der Waals surface area contributed by atoms with Crippen molar-refractivity contribution in [3.05, 3.63) is 58.6 Å². The maximum absolute atomic E-state index is 13.2. The molecule has 0 spiro atoms. The Morgan fingerprint density at radius 2 is 1.89 bits per heavy atom. The molecule has 1 aromatic carbocycles. The Kier molecular flexibility index (Phi) is 7.37. The van der Waals surface area contributed by atoms with Crippen molar-refractivity contribution in [1.29, 1.82) is 0 Å². The van der Waals surface area contributed by atoms with Gasteiger partial charge in [0.2, 0.25) is 22.8 Å². The molecule has 0 unspecified atom stereocenters. The van der Waals surface area contributed by atoms with Crippen LogP contribution in [0.15, 0.2) is 35.0 Å². The number of ketones is 1. The third-order valence-corrected chi connectivity index (χ3v) is 6.20. The van der Waals surface area contributed by atoms with Gasteiger partial charge in [-0.2, -0.15) is 4.98 Å². The van der Waals surface area contributed by atoms with Crippen molar-refractivity contribution in [2.45, 2.75) is 77.9 Å². The smallest absolute Gasteiger partial charge is 0.410 e. The van der Waals surface area contributed by atoms with Crippen molar-refractivity contribution in [2.75, 3.05) is 6.54 Å². The van der Waals surface area contributed by atoms with Crippen LogP contribution >= 0.6 is 11.6 Å². The van der Waals surface area contributed by atoms with Crippen LogP contribution in [0.5, 0.6) is 0 Å². The van der Waals surface area contributed by atoms with E-state index in [1.807, 2.05) is 59.7 Å². The van der Waals surface area contributed by atoms with E-state index in [9.17, 15) is 9.59 Å². The number of halogens is 1. The zero-order valence-corrected chi connectivity index (χ0v) is 22.8. The van der Waals surface area contributed by atoms with Gasteiger partial charge in [0.1, 0.15) is 5.60 Å². The predicted molar refractivity (Wildman–Crippen MR) is 138 cm³/mol. The summed E-state index contributed by atoms with van der Waals surface area (Å²) in [5.74, 6) is 0.149. The largest absolute Gasteiger partial charge is 0.444 e. The van der Waals surface area contributed by atoms with Crippen LogP contribution < -0.4 is 0 Å². The summed E-state index contributed by atoms with van der Waals surface area (Å²) < 4.78 is 11.0. The molecular weight excluding hydrogens is 494 g/mol. The summed E-state index contributed by atoms with van der Waals surface area (Å²) in [6.07, 6.45) is 1.98. The van der Waals surface area contributed by atoms with E-state index in [-0.39, 0.29) is 34.6 Å². The average molecular weight is 526 g/mol. The Balaban J connectivity index is 1.66. The van der Waals surface area contributed by atoms with Crippen LogP contribution in [0.1, 0.15) is 87.9 Å². The number of Topliss-reactive ketones (excluding diaryl/α,β-unsaturated/α-hetero) is 1. The minimum atomic E-state index is -0.621. The van der Waals surface area contributed by atoms with Crippen molar-refractivity contribution < 1.29 is 18.8 Å². The first-order chi connectivity index (χ1) is 17.3. The summed E-state index contributed by atoms with van der Waals surface area (Å²) in [5.41, 5.74) is 2.44. The summed E-state index contributed by atoms with van der Waals surface area (Å²) in [7, 11) is 0. The lowest BCUT2D eigenvalue weighted by atomic mass is 9.87. The molecule has 0 saturated carbocycles. The number of hydrogen-bond acceptors (Lipinski definition) is 8. The normalized spacial score (nSPS) is 16.2. The Morgan fingerprint density at radius 3 is 2.54 bits per heavy atom. The van der Waals surface area contributed by atoms with Gasteiger partial charge in [-0.25, -0.2) is 14.8 Å². The predicted octanol–water partition coefficient (Wildman–Crippen LogP) is 5.97. The van der Waals surface area contributed by atoms with Crippen LogP contribution in [-0.2, 0) is 16.7 Å². The zero-order valence-electron chi connectivity index (χ0n) is 22.0. The average Bonchev–Trinajstić information content (AvgIpc) is 3.24. The molecule has 3 heterocycles. The van der Waals surface area contributed by atoms with Crippen molar-refractivity contribution in [3.63, 3.8) is 0 Å². The number of ether oxygens (including phenoxy) is 1. The Morgan fingerprint density at radius 1 is 1.14 bits per heavy atom. The molecule has 0 fully saturated rings. The molecular formula is C27H32ClN5O4. The molecule has 196 valence electrons. The fraction of sp³-hybridized carbons (Fsp3) is 0.481. The van der Waals surface area contributed by atoms with E-state index in [0.717, 1.165) is 16.7 Å². The molecule has 0 aliphatic carbocycles. The first-order valence-electron chi connectivity index (χ1n) is 12.3. The second-order valence-electron chi connectivity index (χ2n) is 11.3. The molecule has 0 bridgehead atoms. The van der Waals surface area contributed by atoms with E-state index < -0.39 is 11.7 Å². The molecule has 2 aromatic heterocycles. The molecule has 1 amide bonds. The Hall–Kier alpha value is -3.33. The molecule has 0 saturated heterocycles. The molecule has 37 heavy (non-hydrogen) atoms. The lowest BCUT2D eigenvalue weighted by Gasteiger charge is -2.26. The van der Waals surface area contributed by atoms with Gasteiger partial charge in [0.15, 0.2) is 0 Å². The van der Waals surface area contributed by atoms with Gasteiger partial charge in [0.25, 0.3) is 0 Å². The second kappa shape index (κ2) is 10.2. The van der Waals surface area contributed by atoms with E-state index >= 15 is 0 Å². The lowest BCUT2D eigenvalue weighted by molar-refractivity contribution is 0.0235. The molecule has 9 nitrogen and oxygen atoms in total. The van der Waals surface area contributed by atoms with E-state index in [1.165, 1.54) is 0 Å². The van der Waals surface area contributed by atoms with Gasteiger partial charge in [-0.05, 0) is 68.0 Å². The molecule has 3 aromatic rings. The SMILES string of the molecule is CC(C)(C)OC(=O)N1CC[C@@H](CC(=O)c2noc(C(C)(C)C)n2)c2ccc(-c3ccnc(Cl)n3)cc2C1. The van der Waals surface area contributed by atoms with Crippen molar-refractivity contribution in [1.82, 2.24) is 25.0 Å². The van der Waals surface area contributed by atoms with E-state index in [0.29, 0.717) is 31.1 Å². The third kappa shape index (κ3) is 6.52. The number of carbonyl (C=O) groups excluding carboxylic acids is 2. The fourth-order valence-electron chi connectivity index (χ4n) is 4.20. The van der Waals surface area contributed by atoms with Crippen LogP contribution in [0.4, 0.5) is 4.79 Å². The van der Waals surface area contributed by atoms with Gasteiger partial charge in [0, 0.05) is 36.7 Å². The van der Waals surface area contributed by atoms with Crippen LogP contribution in [-0.4, -0.2) is 49.0 Å². The summed E-state index contributed by atoms with van der Waals surface area (Å²) >= 11 is 6.01. The highest BCUT2D eigenvalue weighted by atomic mass is 35.5. The number of benzene rings is 1. The van der Waals surface area contributed by atoms with Crippen molar-refractivity contribution in [3.8, 4) is 11.3 Å². The van der Waals surface area contributed by atoms with Crippen LogP contribution in [0, 0.1) is 0 Å². The third-order valence-electron chi connectivity index (χ3n) is 6.01. The lowest BCUT2D eigenvalue weighted by Crippen LogP contribution is -2.36. The summed E-state index contributed by atoms with van der Waals surface area (Å²) in [6, 6.07) is 7.71. The highest BCUT2D eigenvalue weighted by Gasteiger charge is 2.31. The number of fused-ring (bicyclic) bond motifs is 1. The summed E-state index contributed by atoms with van der Waals surface area (Å²) in [5, 5.41) is 4.08. The molecule has 4 rings (SSSR count). The van der Waals surface area contributed by atoms with Crippen molar-refractivity contribution >= 4 is 23.5 Å². The topological polar surface area (TPSA) is 111 Å². The number of hydrogen-bond donors (Lipinski definition) is 0. The maximum Gasteiger partial charge on any atom is 0.410 e. The minimum Gasteiger partial charge on any atom is -0.444 e. The minimum absolute atomic E-state index is 0.0759. The monoisotopic (exact) mass is 525 g/mol. The quantitative estimate of drug-likeness (QED) is 0.302. The van der Waals surface area contributed by atoms with Gasteiger partial charge >= 0.3 is 6.09 Å². The fourth-order valence-corrected chi connectivity index (χ4v) is 4.35. The number of amides is 1. The summed E-state index contributed by atoms with van der Waals surface area (Å²) in [4.78, 5) is 40.5. The Labute approximate surface area is 221 Å². The molecule has 1 aliphatic heterocycles. The summed E-state index contributed by atoms with van der Waals surface area (Å²) in [6.45, 7) is 12.1. The highest BCUT2D eigenvalue weighted by Crippen LogP contribution is 2.35. The van der Waals surface area contributed by atoms with E-state index in [1.54, 1.807) is 17.2 Å². The van der Waals surface area contributed by atoms with Crippen LogP contribution in [0.3, 0.4) is 0 Å². The van der Waals surface area contributed by atoms with Crippen molar-refractivity contribution in [2.24, 2.45) is 0 Å². The first-order valence-corrected chi connectivity index (χ1v) is 12.6. The second-order valence-corrected chi connectivity index (χ2v) is 11.7. The number of nitrogens with zero attached hydrogens (tertiary/aromatic N) is 5. The highest BCUT2D eigenvalue weighted by molar-refractivity contribution is 6.28. The Bertz CT molecular complexity index is 1310.